The van der Waals surface area contributed by atoms with Gasteiger partial charge in [0.15, 0.2) is 10.7 Å². The topological polar surface area (TPSA) is 81.3 Å². The smallest absolute Gasteiger partial charge is 0.276 e. The molecule has 0 aliphatic rings. The van der Waals surface area contributed by atoms with Gasteiger partial charge in [0.2, 0.25) is 0 Å². The molecule has 0 saturated heterocycles. The lowest BCUT2D eigenvalue weighted by Gasteiger charge is -2.09. The summed E-state index contributed by atoms with van der Waals surface area (Å²) in [6, 6.07) is 14.4. The van der Waals surface area contributed by atoms with Crippen LogP contribution in [0.25, 0.3) is 27.0 Å². The average Bonchev–Trinajstić information content (AvgIpc) is 3.33. The maximum absolute atomic E-state index is 12.8. The van der Waals surface area contributed by atoms with Crippen LogP contribution in [-0.2, 0) is 7.05 Å². The van der Waals surface area contributed by atoms with Crippen molar-refractivity contribution in [3.8, 4) is 11.3 Å². The lowest BCUT2D eigenvalue weighted by molar-refractivity contribution is 0.102. The molecule has 0 radical (unpaired) electrons. The molecule has 1 amide bonds. The first-order valence-electron chi connectivity index (χ1n) is 8.90. The summed E-state index contributed by atoms with van der Waals surface area (Å²) >= 11 is 1.58. The standard InChI is InChI=1S/C21H15N5O2S/c1-25-20(28)16-5-3-2-4-15(16)18(24-25)19(27)22-14-8-6-13(7-9-14)17-12-26-10-11-29-21(26)23-17/h2-12H,1H3,(H,22,27). The Bertz CT molecular complexity index is 1400. The van der Waals surface area contributed by atoms with Gasteiger partial charge in [-0.1, -0.05) is 30.3 Å². The molecule has 8 heteroatoms. The van der Waals surface area contributed by atoms with Crippen LogP contribution in [0.4, 0.5) is 5.69 Å². The van der Waals surface area contributed by atoms with Gasteiger partial charge in [-0.2, -0.15) is 5.10 Å². The summed E-state index contributed by atoms with van der Waals surface area (Å²) in [6.07, 6.45) is 3.94. The minimum Gasteiger partial charge on any atom is -0.321 e. The van der Waals surface area contributed by atoms with Crippen LogP contribution in [-0.4, -0.2) is 25.1 Å². The summed E-state index contributed by atoms with van der Waals surface area (Å²) in [5.41, 5.74) is 2.45. The zero-order chi connectivity index (χ0) is 20.0. The highest BCUT2D eigenvalue weighted by Crippen LogP contribution is 2.23. The van der Waals surface area contributed by atoms with Crippen molar-refractivity contribution in [2.45, 2.75) is 0 Å². The van der Waals surface area contributed by atoms with E-state index >= 15 is 0 Å². The number of aryl methyl sites for hydroxylation is 1. The van der Waals surface area contributed by atoms with Crippen molar-refractivity contribution in [2.24, 2.45) is 7.05 Å². The monoisotopic (exact) mass is 401 g/mol. The van der Waals surface area contributed by atoms with E-state index in [4.69, 9.17) is 0 Å². The maximum atomic E-state index is 12.8. The van der Waals surface area contributed by atoms with Gasteiger partial charge in [0.25, 0.3) is 11.5 Å². The summed E-state index contributed by atoms with van der Waals surface area (Å²) in [7, 11) is 1.54. The Kier molecular flexibility index (Phi) is 3.99. The van der Waals surface area contributed by atoms with Gasteiger partial charge in [-0.15, -0.1) is 11.3 Å². The normalized spacial score (nSPS) is 11.2. The number of carbonyl (C=O) groups is 1. The number of hydrogen-bond donors (Lipinski definition) is 1. The minimum absolute atomic E-state index is 0.209. The van der Waals surface area contributed by atoms with Gasteiger partial charge < -0.3 is 5.32 Å². The van der Waals surface area contributed by atoms with E-state index in [0.717, 1.165) is 16.2 Å². The molecule has 7 nitrogen and oxygen atoms in total. The number of hydrogen-bond acceptors (Lipinski definition) is 5. The van der Waals surface area contributed by atoms with Gasteiger partial charge in [0.1, 0.15) is 0 Å². The molecular formula is C21H15N5O2S. The van der Waals surface area contributed by atoms with E-state index in [9.17, 15) is 9.59 Å². The van der Waals surface area contributed by atoms with Crippen molar-refractivity contribution in [2.75, 3.05) is 5.32 Å². The van der Waals surface area contributed by atoms with Crippen LogP contribution < -0.4 is 10.9 Å². The van der Waals surface area contributed by atoms with Gasteiger partial charge in [-0.05, 0) is 18.2 Å². The van der Waals surface area contributed by atoms with Crippen LogP contribution in [0.5, 0.6) is 0 Å². The van der Waals surface area contributed by atoms with E-state index in [1.165, 1.54) is 11.7 Å². The van der Waals surface area contributed by atoms with E-state index < -0.39 is 0 Å². The Morgan fingerprint density at radius 2 is 1.83 bits per heavy atom. The first-order chi connectivity index (χ1) is 14.1. The van der Waals surface area contributed by atoms with Crippen molar-refractivity contribution in [1.29, 1.82) is 0 Å². The predicted octanol–water partition coefficient (Wildman–Crippen LogP) is 3.56. The molecule has 3 aromatic heterocycles. The summed E-state index contributed by atoms with van der Waals surface area (Å²) in [6.45, 7) is 0. The molecule has 0 fully saturated rings. The zero-order valence-corrected chi connectivity index (χ0v) is 16.2. The third-order valence-electron chi connectivity index (χ3n) is 4.70. The number of aromatic nitrogens is 4. The van der Waals surface area contributed by atoms with Gasteiger partial charge in [-0.25, -0.2) is 9.67 Å². The van der Waals surface area contributed by atoms with Gasteiger partial charge >= 0.3 is 0 Å². The Morgan fingerprint density at radius 1 is 1.07 bits per heavy atom. The summed E-state index contributed by atoms with van der Waals surface area (Å²) in [5.74, 6) is -0.368. The molecule has 29 heavy (non-hydrogen) atoms. The third-order valence-corrected chi connectivity index (χ3v) is 5.47. The molecule has 2 aromatic carbocycles. The number of imidazole rings is 1. The maximum Gasteiger partial charge on any atom is 0.276 e. The van der Waals surface area contributed by atoms with Crippen molar-refractivity contribution in [3.05, 3.63) is 82.4 Å². The molecule has 142 valence electrons. The lowest BCUT2D eigenvalue weighted by Crippen LogP contribution is -2.25. The van der Waals surface area contributed by atoms with Crippen molar-refractivity contribution in [3.63, 3.8) is 0 Å². The van der Waals surface area contributed by atoms with E-state index in [2.05, 4.69) is 15.4 Å². The highest BCUT2D eigenvalue weighted by molar-refractivity contribution is 7.15. The molecule has 1 N–H and O–H groups in total. The average molecular weight is 401 g/mol. The van der Waals surface area contributed by atoms with Gasteiger partial charge in [0.05, 0.1) is 11.1 Å². The molecule has 5 rings (SSSR count). The van der Waals surface area contributed by atoms with E-state index in [0.29, 0.717) is 16.5 Å². The molecule has 0 unspecified atom stereocenters. The number of carbonyl (C=O) groups excluding carboxylic acids is 1. The Hall–Kier alpha value is -3.78. The Morgan fingerprint density at radius 3 is 2.59 bits per heavy atom. The summed E-state index contributed by atoms with van der Waals surface area (Å²) in [5, 5.41) is 10.00. The van der Waals surface area contributed by atoms with Gasteiger partial charge in [-0.3, -0.25) is 14.0 Å². The molecule has 3 heterocycles. The second kappa shape index (κ2) is 6.68. The highest BCUT2D eigenvalue weighted by Gasteiger charge is 2.16. The quantitative estimate of drug-likeness (QED) is 0.501. The molecule has 0 spiro atoms. The molecule has 0 bridgehead atoms. The molecule has 5 aromatic rings. The van der Waals surface area contributed by atoms with E-state index in [1.807, 2.05) is 46.4 Å². The first kappa shape index (κ1) is 17.3. The fourth-order valence-corrected chi connectivity index (χ4v) is 3.95. The van der Waals surface area contributed by atoms with E-state index in [1.54, 1.807) is 35.6 Å². The van der Waals surface area contributed by atoms with Crippen molar-refractivity contribution >= 4 is 38.7 Å². The van der Waals surface area contributed by atoms with Gasteiger partial charge in [0, 0.05) is 41.5 Å². The second-order valence-electron chi connectivity index (χ2n) is 6.57. The Balaban J connectivity index is 1.44. The van der Waals surface area contributed by atoms with Crippen LogP contribution in [0.1, 0.15) is 10.5 Å². The Labute approximate surface area is 168 Å². The van der Waals surface area contributed by atoms with Crippen LogP contribution in [0.15, 0.2) is 71.1 Å². The summed E-state index contributed by atoms with van der Waals surface area (Å²) < 4.78 is 3.16. The number of thiazole rings is 1. The second-order valence-corrected chi connectivity index (χ2v) is 7.45. The third kappa shape index (κ3) is 2.99. The van der Waals surface area contributed by atoms with Crippen molar-refractivity contribution in [1.82, 2.24) is 19.2 Å². The molecule has 0 atom stereocenters. The molecule has 0 aliphatic carbocycles. The van der Waals surface area contributed by atoms with Crippen LogP contribution in [0.3, 0.4) is 0 Å². The van der Waals surface area contributed by atoms with Crippen LogP contribution in [0, 0.1) is 0 Å². The molecular weight excluding hydrogens is 386 g/mol. The fraction of sp³-hybridized carbons (Fsp3) is 0.0476. The van der Waals surface area contributed by atoms with Crippen LogP contribution in [0.2, 0.25) is 0 Å². The fourth-order valence-electron chi connectivity index (χ4n) is 3.25. The number of fused-ring (bicyclic) bond motifs is 2. The van der Waals surface area contributed by atoms with E-state index in [-0.39, 0.29) is 17.2 Å². The number of nitrogens with one attached hydrogen (secondary N) is 1. The molecule has 0 aliphatic heterocycles. The summed E-state index contributed by atoms with van der Waals surface area (Å²) in [4.78, 5) is 30.6. The van der Waals surface area contributed by atoms with Crippen molar-refractivity contribution < 1.29 is 4.79 Å². The highest BCUT2D eigenvalue weighted by atomic mass is 32.1. The number of rotatable bonds is 3. The number of benzene rings is 2. The molecule has 0 saturated carbocycles. The predicted molar refractivity (Wildman–Crippen MR) is 113 cm³/mol. The minimum atomic E-state index is -0.368. The number of amides is 1. The largest absolute Gasteiger partial charge is 0.321 e. The van der Waals surface area contributed by atoms with Crippen LogP contribution >= 0.6 is 11.3 Å². The zero-order valence-electron chi connectivity index (χ0n) is 15.4. The first-order valence-corrected chi connectivity index (χ1v) is 9.78. The lowest BCUT2D eigenvalue weighted by atomic mass is 10.1. The number of anilines is 1. The number of nitrogens with zero attached hydrogens (tertiary/aromatic N) is 4. The SMILES string of the molecule is Cn1nc(C(=O)Nc2ccc(-c3cn4ccsc4n3)cc2)c2ccccc2c1=O.